The fourth-order valence-corrected chi connectivity index (χ4v) is 3.23. The highest BCUT2D eigenvalue weighted by Crippen LogP contribution is 2.45. The topological polar surface area (TPSA) is 39.2 Å². The number of aromatic nitrogens is 1. The monoisotopic (exact) mass is 281 g/mol. The molecule has 1 saturated carbocycles. The van der Waals surface area contributed by atoms with Gasteiger partial charge in [-0.2, -0.15) is 0 Å². The van der Waals surface area contributed by atoms with Crippen LogP contribution in [-0.4, -0.2) is 16.3 Å². The second-order valence-corrected chi connectivity index (χ2v) is 6.13. The van der Waals surface area contributed by atoms with Gasteiger partial charge in [-0.05, 0) is 47.1 Å². The number of benzene rings is 1. The Hall–Kier alpha value is -1.13. The zero-order valence-corrected chi connectivity index (χ0v) is 11.4. The molecule has 3 rings (SSSR count). The third-order valence-electron chi connectivity index (χ3n) is 3.25. The Morgan fingerprint density at radius 2 is 2.22 bits per heavy atom. The van der Waals surface area contributed by atoms with Crippen molar-refractivity contribution in [3.05, 3.63) is 30.0 Å². The number of rotatable bonds is 3. The van der Waals surface area contributed by atoms with Gasteiger partial charge in [0.1, 0.15) is 10.0 Å². The first kappa shape index (κ1) is 11.9. The summed E-state index contributed by atoms with van der Waals surface area (Å²) < 4.78 is 16.9. The van der Waals surface area contributed by atoms with E-state index in [1.807, 2.05) is 18.3 Å². The molecule has 1 atom stereocenters. The van der Waals surface area contributed by atoms with Crippen molar-refractivity contribution in [2.75, 3.05) is 7.11 Å². The van der Waals surface area contributed by atoms with E-state index in [4.69, 9.17) is 15.4 Å². The maximum atomic E-state index is 11.7. The van der Waals surface area contributed by atoms with E-state index < -0.39 is 10.0 Å². The molecule has 0 bridgehead atoms. The summed E-state index contributed by atoms with van der Waals surface area (Å²) >= 11 is 0. The minimum Gasteiger partial charge on any atom is -0.481 e. The molecule has 0 amide bonds. The van der Waals surface area contributed by atoms with E-state index in [1.54, 1.807) is 13.2 Å². The molecule has 1 aliphatic carbocycles. The molecule has 1 aromatic carbocycles. The maximum Gasteiger partial charge on any atom is 0.221 e. The predicted molar refractivity (Wildman–Crippen MR) is 72.5 cm³/mol. The van der Waals surface area contributed by atoms with Crippen molar-refractivity contribution in [2.24, 2.45) is 0 Å². The van der Waals surface area contributed by atoms with Crippen LogP contribution in [0.3, 0.4) is 0 Å². The van der Waals surface area contributed by atoms with Gasteiger partial charge in [0.15, 0.2) is 0 Å². The van der Waals surface area contributed by atoms with Gasteiger partial charge in [-0.15, -0.1) is 0 Å². The molecular weight excluding hydrogens is 270 g/mol. The first-order valence-corrected chi connectivity index (χ1v) is 7.73. The van der Waals surface area contributed by atoms with Gasteiger partial charge in [-0.1, -0.05) is 6.07 Å². The summed E-state index contributed by atoms with van der Waals surface area (Å²) in [5.41, 5.74) is 1.13. The highest BCUT2D eigenvalue weighted by Gasteiger charge is 2.28. The normalized spacial score (nSPS) is 16.8. The summed E-state index contributed by atoms with van der Waals surface area (Å²) in [6, 6.07) is 5.57. The van der Waals surface area contributed by atoms with Crippen LogP contribution in [0, 0.1) is 0 Å². The molecule has 1 aromatic heterocycles. The molecule has 1 unspecified atom stereocenters. The van der Waals surface area contributed by atoms with Gasteiger partial charge in [0.2, 0.25) is 5.88 Å². The minimum absolute atomic E-state index is 0.521. The highest BCUT2D eigenvalue weighted by molar-refractivity contribution is 8.08. The second kappa shape index (κ2) is 4.52. The van der Waals surface area contributed by atoms with Crippen molar-refractivity contribution in [3.8, 4) is 5.88 Å². The highest BCUT2D eigenvalue weighted by atomic mass is 35.7. The SMILES string of the molecule is COc1ncc(C2CC2)c2c(S(=O)Cl)cccc12. The third kappa shape index (κ3) is 1.89. The lowest BCUT2D eigenvalue weighted by atomic mass is 10.0. The van der Waals surface area contributed by atoms with Crippen molar-refractivity contribution in [1.29, 1.82) is 0 Å². The molecule has 2 aromatic rings. The van der Waals surface area contributed by atoms with Crippen molar-refractivity contribution >= 4 is 31.5 Å². The maximum absolute atomic E-state index is 11.7. The lowest BCUT2D eigenvalue weighted by Gasteiger charge is -2.11. The smallest absolute Gasteiger partial charge is 0.221 e. The third-order valence-corrected chi connectivity index (χ3v) is 4.43. The molecule has 5 heteroatoms. The number of halogens is 1. The number of fused-ring (bicyclic) bond motifs is 1. The summed E-state index contributed by atoms with van der Waals surface area (Å²) in [4.78, 5) is 4.97. The van der Waals surface area contributed by atoms with E-state index in [0.717, 1.165) is 29.2 Å². The van der Waals surface area contributed by atoms with Crippen molar-refractivity contribution in [3.63, 3.8) is 0 Å². The lowest BCUT2D eigenvalue weighted by Crippen LogP contribution is -1.96. The summed E-state index contributed by atoms with van der Waals surface area (Å²) in [7, 11) is 5.85. The Bertz CT molecular complexity index is 640. The number of nitrogens with zero attached hydrogens (tertiary/aromatic N) is 1. The van der Waals surface area contributed by atoms with Crippen molar-refractivity contribution < 1.29 is 8.95 Å². The molecule has 0 radical (unpaired) electrons. The van der Waals surface area contributed by atoms with E-state index in [9.17, 15) is 4.21 Å². The van der Waals surface area contributed by atoms with Gasteiger partial charge >= 0.3 is 0 Å². The van der Waals surface area contributed by atoms with Crippen LogP contribution in [0.25, 0.3) is 10.8 Å². The van der Waals surface area contributed by atoms with Gasteiger partial charge < -0.3 is 4.74 Å². The number of hydrogen-bond donors (Lipinski definition) is 0. The van der Waals surface area contributed by atoms with Gasteiger partial charge in [-0.3, -0.25) is 0 Å². The van der Waals surface area contributed by atoms with Gasteiger partial charge in [-0.25, -0.2) is 9.19 Å². The Morgan fingerprint density at radius 1 is 1.44 bits per heavy atom. The van der Waals surface area contributed by atoms with Gasteiger partial charge in [0.25, 0.3) is 0 Å². The Balaban J connectivity index is 2.39. The fraction of sp³-hybridized carbons (Fsp3) is 0.308. The second-order valence-electron chi connectivity index (χ2n) is 4.40. The van der Waals surface area contributed by atoms with E-state index in [-0.39, 0.29) is 0 Å². The molecule has 94 valence electrons. The molecular formula is C13H12ClNO2S. The number of pyridine rings is 1. The molecule has 0 spiro atoms. The van der Waals surface area contributed by atoms with Crippen molar-refractivity contribution in [1.82, 2.24) is 4.98 Å². The Labute approximate surface area is 112 Å². The van der Waals surface area contributed by atoms with Crippen LogP contribution in [0.5, 0.6) is 5.88 Å². The summed E-state index contributed by atoms with van der Waals surface area (Å²) in [5.74, 6) is 1.07. The molecule has 1 aliphatic rings. The Morgan fingerprint density at radius 3 is 2.83 bits per heavy atom. The number of methoxy groups -OCH3 is 1. The van der Waals surface area contributed by atoms with E-state index in [0.29, 0.717) is 16.7 Å². The fourth-order valence-electron chi connectivity index (χ4n) is 2.27. The van der Waals surface area contributed by atoms with Crippen LogP contribution >= 0.6 is 10.7 Å². The zero-order chi connectivity index (χ0) is 12.7. The van der Waals surface area contributed by atoms with Crippen LogP contribution in [0.2, 0.25) is 0 Å². The first-order chi connectivity index (χ1) is 8.72. The molecule has 1 fully saturated rings. The molecule has 0 aliphatic heterocycles. The molecule has 3 nitrogen and oxygen atoms in total. The van der Waals surface area contributed by atoms with E-state index in [1.165, 1.54) is 0 Å². The van der Waals surface area contributed by atoms with Crippen molar-refractivity contribution in [2.45, 2.75) is 23.7 Å². The summed E-state index contributed by atoms with van der Waals surface area (Å²) in [5, 5.41) is 1.83. The number of hydrogen-bond acceptors (Lipinski definition) is 3. The Kier molecular flexibility index (Phi) is 2.99. The molecule has 18 heavy (non-hydrogen) atoms. The predicted octanol–water partition coefficient (Wildman–Crippen LogP) is 3.38. The molecule has 0 N–H and O–H groups in total. The molecule has 1 heterocycles. The number of ether oxygens (including phenoxy) is 1. The largest absolute Gasteiger partial charge is 0.481 e. The van der Waals surface area contributed by atoms with Crippen LogP contribution in [-0.2, 0) is 10.0 Å². The quantitative estimate of drug-likeness (QED) is 0.810. The van der Waals surface area contributed by atoms with Gasteiger partial charge in [0.05, 0.1) is 12.0 Å². The van der Waals surface area contributed by atoms with Crippen LogP contribution < -0.4 is 4.74 Å². The zero-order valence-electron chi connectivity index (χ0n) is 9.85. The summed E-state index contributed by atoms with van der Waals surface area (Å²) in [6.45, 7) is 0. The minimum atomic E-state index is -1.52. The average Bonchev–Trinajstić information content (AvgIpc) is 3.20. The van der Waals surface area contributed by atoms with Crippen LogP contribution in [0.4, 0.5) is 0 Å². The molecule has 0 saturated heterocycles. The summed E-state index contributed by atoms with van der Waals surface area (Å²) in [6.07, 6.45) is 4.14. The standard InChI is InChI=1S/C13H12ClNO2S/c1-17-13-9-3-2-4-11(18(14)16)12(9)10(7-15-13)8-5-6-8/h2-4,7-8H,5-6H2,1H3. The van der Waals surface area contributed by atoms with Crippen LogP contribution in [0.15, 0.2) is 29.3 Å². The lowest BCUT2D eigenvalue weighted by molar-refractivity contribution is 0.403. The van der Waals surface area contributed by atoms with E-state index >= 15 is 0 Å². The van der Waals surface area contributed by atoms with Gasteiger partial charge in [0, 0.05) is 17.0 Å². The average molecular weight is 282 g/mol. The van der Waals surface area contributed by atoms with Crippen LogP contribution in [0.1, 0.15) is 24.3 Å². The first-order valence-electron chi connectivity index (χ1n) is 5.76. The van der Waals surface area contributed by atoms with E-state index in [2.05, 4.69) is 4.98 Å².